The quantitative estimate of drug-likeness (QED) is 0.851. The zero-order chi connectivity index (χ0) is 15.0. The molecule has 1 heterocycles. The minimum atomic E-state index is 0.566. The van der Waals surface area contributed by atoms with Crippen LogP contribution in [0.25, 0.3) is 0 Å². The molecular formula is C17H26N2O2. The number of methoxy groups -OCH3 is 2. The summed E-state index contributed by atoms with van der Waals surface area (Å²) in [5.41, 5.74) is 2.72. The van der Waals surface area contributed by atoms with Gasteiger partial charge in [0.05, 0.1) is 14.2 Å². The fourth-order valence-electron chi connectivity index (χ4n) is 3.38. The van der Waals surface area contributed by atoms with E-state index in [9.17, 15) is 0 Å². The molecule has 4 heteroatoms. The van der Waals surface area contributed by atoms with E-state index < -0.39 is 0 Å². The van der Waals surface area contributed by atoms with Crippen LogP contribution in [0.1, 0.15) is 24.8 Å². The molecule has 1 aliphatic carbocycles. The predicted molar refractivity (Wildman–Crippen MR) is 85.7 cm³/mol. The van der Waals surface area contributed by atoms with Crippen LogP contribution in [0, 0.1) is 0 Å². The van der Waals surface area contributed by atoms with Gasteiger partial charge in [-0.25, -0.2) is 0 Å². The summed E-state index contributed by atoms with van der Waals surface area (Å²) in [6, 6.07) is 5.59. The number of benzene rings is 1. The Morgan fingerprint density at radius 1 is 1.10 bits per heavy atom. The Bertz CT molecular complexity index is 512. The summed E-state index contributed by atoms with van der Waals surface area (Å²) in [4.78, 5) is 4.93. The van der Waals surface area contributed by atoms with Gasteiger partial charge in [0.15, 0.2) is 11.5 Å². The minimum Gasteiger partial charge on any atom is -0.493 e. The summed E-state index contributed by atoms with van der Waals surface area (Å²) in [6.45, 7) is 1.11. The van der Waals surface area contributed by atoms with E-state index in [0.29, 0.717) is 12.1 Å². The normalized spacial score (nSPS) is 22.0. The summed E-state index contributed by atoms with van der Waals surface area (Å²) >= 11 is 0. The maximum absolute atomic E-state index is 5.49. The Kier molecular flexibility index (Phi) is 3.98. The van der Waals surface area contributed by atoms with Crippen molar-refractivity contribution in [3.8, 4) is 11.5 Å². The van der Waals surface area contributed by atoms with E-state index >= 15 is 0 Å². The first-order valence-electron chi connectivity index (χ1n) is 7.82. The van der Waals surface area contributed by atoms with Crippen LogP contribution in [0.15, 0.2) is 12.1 Å². The van der Waals surface area contributed by atoms with Crippen LogP contribution >= 0.6 is 0 Å². The average Bonchev–Trinajstić information content (AvgIpc) is 2.43. The number of nitrogens with zero attached hydrogens (tertiary/aromatic N) is 2. The molecule has 0 bridgehead atoms. The third-order valence-corrected chi connectivity index (χ3v) is 5.00. The number of likely N-dealkylation sites (N-methyl/N-ethyl adjacent to an activating group) is 1. The van der Waals surface area contributed by atoms with E-state index in [1.54, 1.807) is 14.2 Å². The first-order valence-corrected chi connectivity index (χ1v) is 7.82. The van der Waals surface area contributed by atoms with Crippen molar-refractivity contribution in [2.75, 3.05) is 39.8 Å². The number of hydrogen-bond acceptors (Lipinski definition) is 4. The van der Waals surface area contributed by atoms with E-state index in [0.717, 1.165) is 24.5 Å². The topological polar surface area (TPSA) is 24.9 Å². The van der Waals surface area contributed by atoms with E-state index in [1.807, 2.05) is 0 Å². The highest BCUT2D eigenvalue weighted by molar-refractivity contribution is 5.64. The third-order valence-electron chi connectivity index (χ3n) is 5.00. The standard InChI is InChI=1S/C17H26N2O2/c1-18(2)14-8-12-9-16(20-3)17(21-4)10-15(12)19(11-14)13-6-5-7-13/h9-10,13-14H,5-8,11H2,1-4H3. The van der Waals surface area contributed by atoms with Crippen molar-refractivity contribution in [1.82, 2.24) is 4.90 Å². The van der Waals surface area contributed by atoms with Crippen LogP contribution < -0.4 is 14.4 Å². The molecule has 1 aromatic rings. The van der Waals surface area contributed by atoms with Crippen LogP contribution in [-0.2, 0) is 6.42 Å². The second-order valence-electron chi connectivity index (χ2n) is 6.39. The molecule has 3 rings (SSSR count). The second-order valence-corrected chi connectivity index (χ2v) is 6.39. The Balaban J connectivity index is 2.00. The Labute approximate surface area is 127 Å². The number of anilines is 1. The molecule has 1 fully saturated rings. The van der Waals surface area contributed by atoms with Gasteiger partial charge in [0.2, 0.25) is 0 Å². The summed E-state index contributed by atoms with van der Waals surface area (Å²) in [5.74, 6) is 1.67. The molecule has 2 aliphatic rings. The van der Waals surface area contributed by atoms with Crippen molar-refractivity contribution >= 4 is 5.69 Å². The molecule has 1 aliphatic heterocycles. The summed E-state index contributed by atoms with van der Waals surface area (Å²) in [6.07, 6.45) is 5.06. The fourth-order valence-corrected chi connectivity index (χ4v) is 3.38. The Morgan fingerprint density at radius 3 is 2.29 bits per heavy atom. The van der Waals surface area contributed by atoms with Crippen molar-refractivity contribution in [3.05, 3.63) is 17.7 Å². The van der Waals surface area contributed by atoms with Gasteiger partial charge in [-0.2, -0.15) is 0 Å². The van der Waals surface area contributed by atoms with Gasteiger partial charge in [-0.15, -0.1) is 0 Å². The molecule has 0 aromatic heterocycles. The highest BCUT2D eigenvalue weighted by atomic mass is 16.5. The molecule has 4 nitrogen and oxygen atoms in total. The van der Waals surface area contributed by atoms with E-state index in [1.165, 1.54) is 30.5 Å². The number of hydrogen-bond donors (Lipinski definition) is 0. The molecule has 1 atom stereocenters. The molecule has 1 aromatic carbocycles. The molecule has 0 saturated heterocycles. The van der Waals surface area contributed by atoms with Crippen molar-refractivity contribution in [3.63, 3.8) is 0 Å². The summed E-state index contributed by atoms with van der Waals surface area (Å²) < 4.78 is 11.0. The Hall–Kier alpha value is -1.42. The first-order chi connectivity index (χ1) is 10.1. The lowest BCUT2D eigenvalue weighted by Crippen LogP contribution is -2.51. The lowest BCUT2D eigenvalue weighted by molar-refractivity contribution is 0.263. The maximum Gasteiger partial charge on any atom is 0.162 e. The smallest absolute Gasteiger partial charge is 0.162 e. The minimum absolute atomic E-state index is 0.566. The molecule has 0 amide bonds. The SMILES string of the molecule is COc1cc2c(cc1OC)N(C1CCC1)CC(N(C)C)C2. The van der Waals surface area contributed by atoms with Crippen LogP contribution in [-0.4, -0.2) is 51.8 Å². The van der Waals surface area contributed by atoms with Gasteiger partial charge < -0.3 is 19.3 Å². The predicted octanol–water partition coefficient (Wildman–Crippen LogP) is 2.55. The van der Waals surface area contributed by atoms with Crippen molar-refractivity contribution in [2.24, 2.45) is 0 Å². The molecule has 0 radical (unpaired) electrons. The van der Waals surface area contributed by atoms with Crippen LogP contribution in [0.5, 0.6) is 11.5 Å². The lowest BCUT2D eigenvalue weighted by Gasteiger charge is -2.46. The van der Waals surface area contributed by atoms with Gasteiger partial charge in [-0.05, 0) is 51.4 Å². The van der Waals surface area contributed by atoms with Crippen LogP contribution in [0.3, 0.4) is 0 Å². The zero-order valence-electron chi connectivity index (χ0n) is 13.6. The van der Waals surface area contributed by atoms with Gasteiger partial charge in [0.25, 0.3) is 0 Å². The first kappa shape index (κ1) is 14.5. The highest BCUT2D eigenvalue weighted by Crippen LogP contribution is 2.41. The van der Waals surface area contributed by atoms with Crippen molar-refractivity contribution in [1.29, 1.82) is 0 Å². The van der Waals surface area contributed by atoms with Gasteiger partial charge in [-0.1, -0.05) is 0 Å². The number of rotatable bonds is 4. The van der Waals surface area contributed by atoms with Crippen LogP contribution in [0.4, 0.5) is 5.69 Å². The summed E-state index contributed by atoms with van der Waals surface area (Å²) in [7, 11) is 7.77. The molecule has 0 spiro atoms. The van der Waals surface area contributed by atoms with Crippen molar-refractivity contribution in [2.45, 2.75) is 37.8 Å². The molecule has 1 unspecified atom stereocenters. The summed E-state index contributed by atoms with van der Waals surface area (Å²) in [5, 5.41) is 0. The van der Waals surface area contributed by atoms with Gasteiger partial charge in [0.1, 0.15) is 0 Å². The van der Waals surface area contributed by atoms with Gasteiger partial charge >= 0.3 is 0 Å². The molecule has 116 valence electrons. The highest BCUT2D eigenvalue weighted by Gasteiger charge is 2.34. The van der Waals surface area contributed by atoms with E-state index in [2.05, 4.69) is 36.0 Å². The average molecular weight is 290 g/mol. The van der Waals surface area contributed by atoms with E-state index in [-0.39, 0.29) is 0 Å². The maximum atomic E-state index is 5.49. The molecular weight excluding hydrogens is 264 g/mol. The van der Waals surface area contributed by atoms with Gasteiger partial charge in [0, 0.05) is 30.4 Å². The van der Waals surface area contributed by atoms with E-state index in [4.69, 9.17) is 9.47 Å². The monoisotopic (exact) mass is 290 g/mol. The Morgan fingerprint density at radius 2 is 1.76 bits per heavy atom. The molecule has 0 N–H and O–H groups in total. The zero-order valence-corrected chi connectivity index (χ0v) is 13.6. The second kappa shape index (κ2) is 5.76. The fraction of sp³-hybridized carbons (Fsp3) is 0.647. The molecule has 21 heavy (non-hydrogen) atoms. The number of ether oxygens (including phenoxy) is 2. The van der Waals surface area contributed by atoms with Gasteiger partial charge in [-0.3, -0.25) is 0 Å². The lowest BCUT2D eigenvalue weighted by atomic mass is 9.87. The molecule has 1 saturated carbocycles. The third kappa shape index (κ3) is 2.57. The van der Waals surface area contributed by atoms with Crippen LogP contribution in [0.2, 0.25) is 0 Å². The largest absolute Gasteiger partial charge is 0.493 e. The van der Waals surface area contributed by atoms with Crippen molar-refractivity contribution < 1.29 is 9.47 Å². The number of fused-ring (bicyclic) bond motifs is 1.